The van der Waals surface area contributed by atoms with Crippen molar-refractivity contribution in [2.45, 2.75) is 38.1 Å². The summed E-state index contributed by atoms with van der Waals surface area (Å²) in [4.78, 5) is 19.0. The number of ether oxygens (including phenoxy) is 2. The second-order valence-corrected chi connectivity index (χ2v) is 8.24. The van der Waals surface area contributed by atoms with Crippen LogP contribution in [0.4, 0.5) is 0 Å². The minimum atomic E-state index is -0.384. The van der Waals surface area contributed by atoms with Crippen molar-refractivity contribution in [2.75, 3.05) is 47.1 Å². The molecule has 0 saturated carbocycles. The van der Waals surface area contributed by atoms with E-state index in [1.54, 1.807) is 7.11 Å². The average Bonchev–Trinajstić information content (AvgIpc) is 3.24. The van der Waals surface area contributed by atoms with Gasteiger partial charge >= 0.3 is 0 Å². The van der Waals surface area contributed by atoms with E-state index in [0.29, 0.717) is 12.5 Å². The fraction of sp³-hybridized carbons (Fsp3) is 0.542. The molecule has 31 heavy (non-hydrogen) atoms. The Hall–Kier alpha value is -2.19. The van der Waals surface area contributed by atoms with Gasteiger partial charge in [-0.05, 0) is 37.6 Å². The lowest BCUT2D eigenvalue weighted by Gasteiger charge is -2.43. The summed E-state index contributed by atoms with van der Waals surface area (Å²) >= 11 is 0. The maximum absolute atomic E-state index is 12.1. The number of carbonyl (C=O) groups is 1. The molecule has 1 fully saturated rings. The molecule has 1 aromatic carbocycles. The predicted molar refractivity (Wildman–Crippen MR) is 122 cm³/mol. The van der Waals surface area contributed by atoms with Gasteiger partial charge in [0.15, 0.2) is 0 Å². The molecule has 0 aromatic heterocycles. The minimum absolute atomic E-state index is 0.0409. The van der Waals surface area contributed by atoms with E-state index < -0.39 is 0 Å². The van der Waals surface area contributed by atoms with Crippen molar-refractivity contribution in [1.29, 1.82) is 0 Å². The number of nitrogens with zero attached hydrogens (tertiary/aromatic N) is 3. The second kappa shape index (κ2) is 11.4. The molecule has 0 spiro atoms. The van der Waals surface area contributed by atoms with Crippen molar-refractivity contribution in [3.8, 4) is 0 Å². The Balaban J connectivity index is 1.80. The number of benzene rings is 1. The molecule has 170 valence electrons. The van der Waals surface area contributed by atoms with Gasteiger partial charge in [0.05, 0.1) is 6.10 Å². The van der Waals surface area contributed by atoms with E-state index in [0.717, 1.165) is 39.0 Å². The van der Waals surface area contributed by atoms with E-state index in [1.165, 1.54) is 5.56 Å². The van der Waals surface area contributed by atoms with Gasteiger partial charge in [-0.15, -0.1) is 0 Å². The highest BCUT2D eigenvalue weighted by Gasteiger charge is 2.33. The lowest BCUT2D eigenvalue weighted by atomic mass is 10.0. The summed E-state index contributed by atoms with van der Waals surface area (Å²) in [7, 11) is 3.79. The molecule has 1 unspecified atom stereocenters. The zero-order valence-corrected chi connectivity index (χ0v) is 18.9. The Morgan fingerprint density at radius 1 is 1.32 bits per heavy atom. The van der Waals surface area contributed by atoms with Gasteiger partial charge in [0, 0.05) is 39.3 Å². The fourth-order valence-electron chi connectivity index (χ4n) is 4.50. The van der Waals surface area contributed by atoms with Gasteiger partial charge in [0.1, 0.15) is 18.7 Å². The van der Waals surface area contributed by atoms with Gasteiger partial charge in [-0.2, -0.15) is 0 Å². The van der Waals surface area contributed by atoms with E-state index >= 15 is 0 Å². The quantitative estimate of drug-likeness (QED) is 0.546. The lowest BCUT2D eigenvalue weighted by Crippen LogP contribution is -2.51. The maximum Gasteiger partial charge on any atom is 0.265 e. The normalized spacial score (nSPS) is 22.7. The predicted octanol–water partition coefficient (Wildman–Crippen LogP) is 2.33. The van der Waals surface area contributed by atoms with E-state index in [4.69, 9.17) is 15.2 Å². The van der Waals surface area contributed by atoms with Gasteiger partial charge in [-0.1, -0.05) is 43.3 Å². The van der Waals surface area contributed by atoms with Crippen LogP contribution in [0.15, 0.2) is 54.3 Å². The first-order chi connectivity index (χ1) is 15.0. The van der Waals surface area contributed by atoms with E-state index in [-0.39, 0.29) is 24.2 Å². The van der Waals surface area contributed by atoms with Gasteiger partial charge < -0.3 is 20.1 Å². The highest BCUT2D eigenvalue weighted by Crippen LogP contribution is 2.29. The number of rotatable bonds is 11. The van der Waals surface area contributed by atoms with Crippen molar-refractivity contribution in [3.63, 3.8) is 0 Å². The largest absolute Gasteiger partial charge is 0.364 e. The summed E-state index contributed by atoms with van der Waals surface area (Å²) in [5.41, 5.74) is 7.52. The molecular weight excluding hydrogens is 392 g/mol. The molecule has 1 aromatic rings. The standard InChI is InChI=1S/C24H36N4O3/c1-4-14-28-21(24(25)29)11-8-12-23(28)26(2)22(19-9-6-5-7-10-19)17-27-15-13-20(16-27)31-18-30-3/h5-12,20,22-23H,4,13-18H2,1-3H3,(H2,25,29)/t20-,22+,23?/m0/s1. The second-order valence-electron chi connectivity index (χ2n) is 8.24. The summed E-state index contributed by atoms with van der Waals surface area (Å²) in [6.45, 7) is 6.00. The monoisotopic (exact) mass is 428 g/mol. The van der Waals surface area contributed by atoms with E-state index in [9.17, 15) is 4.79 Å². The first kappa shape index (κ1) is 23.5. The molecule has 1 saturated heterocycles. The number of methoxy groups -OCH3 is 1. The number of amides is 1. The van der Waals surface area contributed by atoms with Crippen LogP contribution in [0, 0.1) is 0 Å². The number of carbonyl (C=O) groups excluding carboxylic acids is 1. The number of hydrogen-bond acceptors (Lipinski definition) is 6. The van der Waals surface area contributed by atoms with Crippen LogP contribution in [0.5, 0.6) is 0 Å². The van der Waals surface area contributed by atoms with Crippen LogP contribution in [-0.2, 0) is 14.3 Å². The molecule has 3 rings (SSSR count). The summed E-state index contributed by atoms with van der Waals surface area (Å²) in [5, 5.41) is 0. The van der Waals surface area contributed by atoms with Crippen LogP contribution < -0.4 is 5.73 Å². The van der Waals surface area contributed by atoms with E-state index in [1.807, 2.05) is 18.2 Å². The molecule has 3 atom stereocenters. The van der Waals surface area contributed by atoms with Gasteiger partial charge in [-0.3, -0.25) is 14.6 Å². The Labute approximate surface area is 186 Å². The van der Waals surface area contributed by atoms with Crippen molar-refractivity contribution >= 4 is 5.91 Å². The number of likely N-dealkylation sites (N-methyl/N-ethyl adjacent to an activating group) is 1. The van der Waals surface area contributed by atoms with Crippen LogP contribution in [0.1, 0.15) is 31.4 Å². The molecule has 2 aliphatic heterocycles. The zero-order valence-electron chi connectivity index (χ0n) is 18.9. The Morgan fingerprint density at radius 3 is 2.77 bits per heavy atom. The minimum Gasteiger partial charge on any atom is -0.364 e. The third-order valence-electron chi connectivity index (χ3n) is 6.06. The van der Waals surface area contributed by atoms with Crippen LogP contribution in [-0.4, -0.2) is 80.0 Å². The first-order valence-electron chi connectivity index (χ1n) is 11.1. The molecule has 0 aliphatic carbocycles. The molecule has 0 bridgehead atoms. The lowest BCUT2D eigenvalue weighted by molar-refractivity contribution is -0.116. The highest BCUT2D eigenvalue weighted by atomic mass is 16.7. The van der Waals surface area contributed by atoms with Crippen LogP contribution in [0.3, 0.4) is 0 Å². The van der Waals surface area contributed by atoms with Crippen molar-refractivity contribution in [2.24, 2.45) is 5.73 Å². The summed E-state index contributed by atoms with van der Waals surface area (Å²) in [6, 6.07) is 10.7. The summed E-state index contributed by atoms with van der Waals surface area (Å²) < 4.78 is 10.8. The third-order valence-corrected chi connectivity index (χ3v) is 6.06. The molecule has 2 aliphatic rings. The fourth-order valence-corrected chi connectivity index (χ4v) is 4.50. The SMILES string of the molecule is CCCN1C(C(N)=O)=CC=CC1N(C)[C@H](CN1CC[C@H](OCOC)C1)c1ccccc1. The number of primary amides is 1. The van der Waals surface area contributed by atoms with Gasteiger partial charge in [-0.25, -0.2) is 0 Å². The molecule has 2 heterocycles. The molecular formula is C24H36N4O3. The Bertz CT molecular complexity index is 767. The molecule has 0 radical (unpaired) electrons. The molecule has 1 amide bonds. The molecule has 2 N–H and O–H groups in total. The van der Waals surface area contributed by atoms with Crippen LogP contribution in [0.25, 0.3) is 0 Å². The smallest absolute Gasteiger partial charge is 0.265 e. The molecule has 7 heteroatoms. The van der Waals surface area contributed by atoms with E-state index in [2.05, 4.69) is 59.0 Å². The van der Waals surface area contributed by atoms with Gasteiger partial charge in [0.2, 0.25) is 0 Å². The highest BCUT2D eigenvalue weighted by molar-refractivity contribution is 5.92. The number of nitrogens with two attached hydrogens (primary N) is 1. The number of likely N-dealkylation sites (tertiary alicyclic amines) is 1. The average molecular weight is 429 g/mol. The first-order valence-corrected chi connectivity index (χ1v) is 11.1. The Kier molecular flexibility index (Phi) is 8.66. The number of hydrogen-bond donors (Lipinski definition) is 1. The maximum atomic E-state index is 12.1. The van der Waals surface area contributed by atoms with Gasteiger partial charge in [0.25, 0.3) is 5.91 Å². The zero-order chi connectivity index (χ0) is 22.2. The van der Waals surface area contributed by atoms with Crippen molar-refractivity contribution < 1.29 is 14.3 Å². The van der Waals surface area contributed by atoms with Crippen LogP contribution in [0.2, 0.25) is 0 Å². The Morgan fingerprint density at radius 2 is 2.10 bits per heavy atom. The third kappa shape index (κ3) is 5.95. The van der Waals surface area contributed by atoms with Crippen molar-refractivity contribution in [3.05, 3.63) is 59.8 Å². The van der Waals surface area contributed by atoms with Crippen molar-refractivity contribution in [1.82, 2.24) is 14.7 Å². The molecule has 7 nitrogen and oxygen atoms in total. The van der Waals surface area contributed by atoms with Crippen LogP contribution >= 0.6 is 0 Å². The topological polar surface area (TPSA) is 71.3 Å². The number of allylic oxidation sites excluding steroid dienone is 2. The summed E-state index contributed by atoms with van der Waals surface area (Å²) in [6.07, 6.45) is 8.01. The summed E-state index contributed by atoms with van der Waals surface area (Å²) in [5.74, 6) is -0.384.